The van der Waals surface area contributed by atoms with Gasteiger partial charge in [0.25, 0.3) is 0 Å². The van der Waals surface area contributed by atoms with Crippen LogP contribution in [-0.4, -0.2) is 25.6 Å². The van der Waals surface area contributed by atoms with E-state index in [1.165, 1.54) is 0 Å². The lowest BCUT2D eigenvalue weighted by Gasteiger charge is -2.21. The summed E-state index contributed by atoms with van der Waals surface area (Å²) in [5, 5.41) is 6.23. The van der Waals surface area contributed by atoms with Crippen LogP contribution in [0.15, 0.2) is 24.3 Å². The molecule has 0 aliphatic carbocycles. The number of ether oxygens (including phenoxy) is 1. The van der Waals surface area contributed by atoms with Gasteiger partial charge in [-0.25, -0.2) is 0 Å². The summed E-state index contributed by atoms with van der Waals surface area (Å²) in [7, 11) is 0. The van der Waals surface area contributed by atoms with E-state index in [1.54, 1.807) is 0 Å². The van der Waals surface area contributed by atoms with E-state index >= 15 is 0 Å². The minimum Gasteiger partial charge on any atom is -0.493 e. The van der Waals surface area contributed by atoms with Gasteiger partial charge in [-0.2, -0.15) is 0 Å². The minimum atomic E-state index is -0.311. The summed E-state index contributed by atoms with van der Waals surface area (Å²) in [4.78, 5) is 12.3. The number of hydrogen-bond donors (Lipinski definition) is 2. The molecule has 1 atom stereocenters. The minimum absolute atomic E-state index is 0. The van der Waals surface area contributed by atoms with Gasteiger partial charge in [0.15, 0.2) is 0 Å². The van der Waals surface area contributed by atoms with Crippen molar-refractivity contribution in [2.75, 3.05) is 25.0 Å². The number of amides is 1. The highest BCUT2D eigenvalue weighted by Gasteiger charge is 2.36. The third kappa shape index (κ3) is 4.90. The number of carbonyl (C=O) groups excluding carboxylic acids is 1. The van der Waals surface area contributed by atoms with Crippen molar-refractivity contribution in [2.24, 2.45) is 11.3 Å². The van der Waals surface area contributed by atoms with Gasteiger partial charge in [0.2, 0.25) is 5.91 Å². The first-order valence-corrected chi connectivity index (χ1v) is 7.25. The van der Waals surface area contributed by atoms with Crippen LogP contribution in [0.4, 0.5) is 5.69 Å². The number of nitrogens with one attached hydrogen (secondary N) is 2. The van der Waals surface area contributed by atoms with E-state index in [0.29, 0.717) is 12.5 Å². The summed E-state index contributed by atoms with van der Waals surface area (Å²) in [6.07, 6.45) is 0.877. The van der Waals surface area contributed by atoms with Crippen molar-refractivity contribution in [3.63, 3.8) is 0 Å². The Morgan fingerprint density at radius 1 is 1.48 bits per heavy atom. The van der Waals surface area contributed by atoms with Crippen LogP contribution in [0, 0.1) is 11.3 Å². The third-order valence-corrected chi connectivity index (χ3v) is 3.59. The first-order chi connectivity index (χ1) is 9.49. The molecule has 21 heavy (non-hydrogen) atoms. The van der Waals surface area contributed by atoms with Crippen molar-refractivity contribution in [2.45, 2.75) is 27.2 Å². The summed E-state index contributed by atoms with van der Waals surface area (Å²) in [5.41, 5.74) is 0.485. The Morgan fingerprint density at radius 3 is 2.86 bits per heavy atom. The van der Waals surface area contributed by atoms with E-state index in [0.717, 1.165) is 30.9 Å². The van der Waals surface area contributed by atoms with Gasteiger partial charge in [0.05, 0.1) is 12.0 Å². The molecule has 0 spiro atoms. The topological polar surface area (TPSA) is 50.4 Å². The molecule has 0 bridgehead atoms. The van der Waals surface area contributed by atoms with Gasteiger partial charge in [-0.05, 0) is 37.9 Å². The molecule has 1 aromatic rings. The molecule has 2 N–H and O–H groups in total. The standard InChI is InChI=1S/C16H24N2O2.ClH/c1-12(2)10-20-14-6-4-5-13(9-14)18-15(19)16(3)7-8-17-11-16;/h4-6,9,12,17H,7-8,10-11H2,1-3H3,(H,18,19);1H. The van der Waals surface area contributed by atoms with Gasteiger partial charge >= 0.3 is 0 Å². The molecule has 1 saturated heterocycles. The van der Waals surface area contributed by atoms with E-state index in [2.05, 4.69) is 24.5 Å². The fourth-order valence-corrected chi connectivity index (χ4v) is 2.22. The normalized spacial score (nSPS) is 21.0. The smallest absolute Gasteiger partial charge is 0.231 e. The Balaban J connectivity index is 0.00000220. The van der Waals surface area contributed by atoms with Crippen molar-refractivity contribution in [1.29, 1.82) is 0 Å². The third-order valence-electron chi connectivity index (χ3n) is 3.59. The lowest BCUT2D eigenvalue weighted by molar-refractivity contribution is -0.123. The first kappa shape index (κ1) is 17.8. The van der Waals surface area contributed by atoms with E-state index in [1.807, 2.05) is 31.2 Å². The van der Waals surface area contributed by atoms with Crippen molar-refractivity contribution in [3.8, 4) is 5.75 Å². The lowest BCUT2D eigenvalue weighted by atomic mass is 9.89. The second-order valence-electron chi connectivity index (χ2n) is 6.17. The quantitative estimate of drug-likeness (QED) is 0.878. The Bertz CT molecular complexity index is 471. The molecular weight excluding hydrogens is 288 g/mol. The molecule has 1 amide bonds. The Morgan fingerprint density at radius 2 is 2.24 bits per heavy atom. The van der Waals surface area contributed by atoms with Gasteiger partial charge in [0.1, 0.15) is 5.75 Å². The van der Waals surface area contributed by atoms with Crippen LogP contribution in [0.5, 0.6) is 5.75 Å². The maximum atomic E-state index is 12.3. The molecule has 1 aliphatic rings. The van der Waals surface area contributed by atoms with E-state index < -0.39 is 0 Å². The number of benzene rings is 1. The van der Waals surface area contributed by atoms with Crippen LogP contribution < -0.4 is 15.4 Å². The number of halogens is 1. The highest BCUT2D eigenvalue weighted by molar-refractivity contribution is 5.95. The van der Waals surface area contributed by atoms with Crippen molar-refractivity contribution >= 4 is 24.0 Å². The number of rotatable bonds is 5. The SMILES string of the molecule is CC(C)COc1cccc(NC(=O)C2(C)CCNC2)c1.Cl. The average molecular weight is 313 g/mol. The number of carbonyl (C=O) groups is 1. The molecule has 0 saturated carbocycles. The van der Waals surface area contributed by atoms with E-state index in [4.69, 9.17) is 4.74 Å². The number of anilines is 1. The Kier molecular flexibility index (Phi) is 6.49. The fraction of sp³-hybridized carbons (Fsp3) is 0.562. The van der Waals surface area contributed by atoms with E-state index in [-0.39, 0.29) is 23.7 Å². The summed E-state index contributed by atoms with van der Waals surface area (Å²) in [6, 6.07) is 7.59. The Labute approximate surface area is 133 Å². The predicted molar refractivity (Wildman–Crippen MR) is 88.2 cm³/mol. The molecule has 0 aromatic heterocycles. The maximum absolute atomic E-state index is 12.3. The van der Waals surface area contributed by atoms with Crippen LogP contribution in [0.1, 0.15) is 27.2 Å². The second-order valence-corrected chi connectivity index (χ2v) is 6.17. The van der Waals surface area contributed by atoms with Crippen molar-refractivity contribution in [1.82, 2.24) is 5.32 Å². The average Bonchev–Trinajstić information content (AvgIpc) is 2.85. The van der Waals surface area contributed by atoms with Gasteiger partial charge < -0.3 is 15.4 Å². The van der Waals surface area contributed by atoms with E-state index in [9.17, 15) is 4.79 Å². The summed E-state index contributed by atoms with van der Waals surface area (Å²) >= 11 is 0. The molecule has 1 aliphatic heterocycles. The highest BCUT2D eigenvalue weighted by Crippen LogP contribution is 2.27. The highest BCUT2D eigenvalue weighted by atomic mass is 35.5. The van der Waals surface area contributed by atoms with Gasteiger partial charge in [-0.1, -0.05) is 19.9 Å². The summed E-state index contributed by atoms with van der Waals surface area (Å²) < 4.78 is 5.68. The van der Waals surface area contributed by atoms with Crippen molar-refractivity contribution in [3.05, 3.63) is 24.3 Å². The monoisotopic (exact) mass is 312 g/mol. The molecule has 1 unspecified atom stereocenters. The molecule has 1 aromatic carbocycles. The zero-order valence-corrected chi connectivity index (χ0v) is 13.8. The van der Waals surface area contributed by atoms with Gasteiger partial charge in [-0.15, -0.1) is 12.4 Å². The second kappa shape index (κ2) is 7.66. The summed E-state index contributed by atoms with van der Waals surface area (Å²) in [5.74, 6) is 1.35. The van der Waals surface area contributed by atoms with Crippen molar-refractivity contribution < 1.29 is 9.53 Å². The number of hydrogen-bond acceptors (Lipinski definition) is 3. The van der Waals surface area contributed by atoms with Crippen LogP contribution in [0.25, 0.3) is 0 Å². The molecular formula is C16H25ClN2O2. The maximum Gasteiger partial charge on any atom is 0.231 e. The van der Waals surface area contributed by atoms with Gasteiger partial charge in [-0.3, -0.25) is 4.79 Å². The zero-order valence-electron chi connectivity index (χ0n) is 12.9. The van der Waals surface area contributed by atoms with Crippen LogP contribution >= 0.6 is 12.4 Å². The van der Waals surface area contributed by atoms with Crippen LogP contribution in [0.3, 0.4) is 0 Å². The molecule has 118 valence electrons. The van der Waals surface area contributed by atoms with Crippen LogP contribution in [0.2, 0.25) is 0 Å². The molecule has 2 rings (SSSR count). The lowest BCUT2D eigenvalue weighted by Crippen LogP contribution is -2.35. The summed E-state index contributed by atoms with van der Waals surface area (Å²) in [6.45, 7) is 8.55. The Hall–Kier alpha value is -1.26. The van der Waals surface area contributed by atoms with Crippen LogP contribution in [-0.2, 0) is 4.79 Å². The van der Waals surface area contributed by atoms with Gasteiger partial charge in [0, 0.05) is 18.3 Å². The largest absolute Gasteiger partial charge is 0.493 e. The zero-order chi connectivity index (χ0) is 14.6. The fourth-order valence-electron chi connectivity index (χ4n) is 2.22. The predicted octanol–water partition coefficient (Wildman–Crippen LogP) is 3.08. The molecule has 1 heterocycles. The first-order valence-electron chi connectivity index (χ1n) is 7.25. The molecule has 4 nitrogen and oxygen atoms in total. The molecule has 0 radical (unpaired) electrons. The molecule has 1 fully saturated rings. The molecule has 5 heteroatoms.